The Hall–Kier alpha value is -3.05. The molecule has 0 aliphatic carbocycles. The van der Waals surface area contributed by atoms with Crippen LogP contribution in [0.2, 0.25) is 25.7 Å². The Morgan fingerprint density at radius 3 is 2.54 bits per heavy atom. The summed E-state index contributed by atoms with van der Waals surface area (Å²) in [5, 5.41) is 0.987. The van der Waals surface area contributed by atoms with Gasteiger partial charge in [-0.3, -0.25) is 19.1 Å². The number of ether oxygens (including phenoxy) is 4. The molecule has 5 rings (SSSR count). The first kappa shape index (κ1) is 34.3. The van der Waals surface area contributed by atoms with Crippen LogP contribution in [0.3, 0.4) is 0 Å². The van der Waals surface area contributed by atoms with Crippen molar-refractivity contribution < 1.29 is 23.7 Å². The maximum Gasteiger partial charge on any atom is 0.311 e. The van der Waals surface area contributed by atoms with Crippen molar-refractivity contribution in [3.8, 4) is 16.9 Å². The lowest BCUT2D eigenvalue weighted by molar-refractivity contribution is -0.162. The number of fused-ring (bicyclic) bond motifs is 1. The normalized spacial score (nSPS) is 14.5. The molecule has 0 unspecified atom stereocenters. The van der Waals surface area contributed by atoms with E-state index >= 15 is 0 Å². The van der Waals surface area contributed by atoms with Gasteiger partial charge in [0.05, 0.1) is 33.4 Å². The minimum absolute atomic E-state index is 0.0277. The van der Waals surface area contributed by atoms with E-state index in [9.17, 15) is 9.59 Å². The van der Waals surface area contributed by atoms with E-state index < -0.39 is 25.2 Å². The Balaban J connectivity index is 1.75. The van der Waals surface area contributed by atoms with Crippen molar-refractivity contribution in [2.75, 3.05) is 19.8 Å². The lowest BCUT2D eigenvalue weighted by Crippen LogP contribution is -2.30. The van der Waals surface area contributed by atoms with Gasteiger partial charge in [0.2, 0.25) is 0 Å². The molecule has 10 heteroatoms. The Labute approximate surface area is 277 Å². The number of pyridine rings is 1. The van der Waals surface area contributed by atoms with Crippen LogP contribution in [0.5, 0.6) is 5.75 Å². The molecule has 0 bridgehead atoms. The fourth-order valence-electron chi connectivity index (χ4n) is 5.75. The third kappa shape index (κ3) is 7.40. The summed E-state index contributed by atoms with van der Waals surface area (Å²) in [6, 6.07) is 9.14. The number of thiazole rings is 1. The molecule has 4 aromatic rings. The van der Waals surface area contributed by atoms with Crippen molar-refractivity contribution in [1.82, 2.24) is 9.55 Å². The summed E-state index contributed by atoms with van der Waals surface area (Å²) < 4.78 is 27.3. The van der Waals surface area contributed by atoms with Gasteiger partial charge in [0.1, 0.15) is 25.2 Å². The maximum atomic E-state index is 13.7. The molecule has 8 nitrogen and oxygen atoms in total. The molecule has 1 atom stereocenters. The van der Waals surface area contributed by atoms with Crippen molar-refractivity contribution in [2.45, 2.75) is 99.0 Å². The van der Waals surface area contributed by atoms with Gasteiger partial charge in [0, 0.05) is 43.8 Å². The lowest BCUT2D eigenvalue weighted by atomic mass is 9.89. The van der Waals surface area contributed by atoms with E-state index in [4.69, 9.17) is 23.9 Å². The van der Waals surface area contributed by atoms with Crippen molar-refractivity contribution >= 4 is 46.5 Å². The van der Waals surface area contributed by atoms with Crippen LogP contribution in [0.25, 0.3) is 32.2 Å². The summed E-state index contributed by atoms with van der Waals surface area (Å²) in [6.07, 6.45) is 2.03. The first-order valence-electron chi connectivity index (χ1n) is 16.1. The van der Waals surface area contributed by atoms with Crippen LogP contribution in [0.1, 0.15) is 64.3 Å². The summed E-state index contributed by atoms with van der Waals surface area (Å²) in [6.45, 7) is 21.9. The maximum absolute atomic E-state index is 13.7. The predicted octanol–water partition coefficient (Wildman–Crippen LogP) is 8.28. The molecule has 46 heavy (non-hydrogen) atoms. The van der Waals surface area contributed by atoms with Gasteiger partial charge in [0.15, 0.2) is 0 Å². The Kier molecular flexibility index (Phi) is 9.59. The molecule has 0 N–H and O–H groups in total. The zero-order chi connectivity index (χ0) is 33.6. The number of carbonyl (C=O) groups excluding carboxylic acids is 1. The van der Waals surface area contributed by atoms with Crippen LogP contribution in [0.15, 0.2) is 35.3 Å². The topological polar surface area (TPSA) is 88.9 Å². The number of hydrogen-bond donors (Lipinski definition) is 0. The van der Waals surface area contributed by atoms with E-state index in [1.807, 2.05) is 72.9 Å². The largest absolute Gasteiger partial charge is 0.493 e. The van der Waals surface area contributed by atoms with E-state index in [1.54, 1.807) is 4.57 Å². The monoisotopic (exact) mass is 664 g/mol. The second kappa shape index (κ2) is 12.9. The highest BCUT2D eigenvalue weighted by molar-refractivity contribution is 7.17. The molecule has 0 saturated heterocycles. The molecule has 0 fully saturated rings. The number of aryl methyl sites for hydroxylation is 1. The molecule has 0 saturated carbocycles. The lowest BCUT2D eigenvalue weighted by Gasteiger charge is -2.31. The fraction of sp³-hybridized carbons (Fsp3) is 0.528. The van der Waals surface area contributed by atoms with E-state index in [-0.39, 0.29) is 24.2 Å². The van der Waals surface area contributed by atoms with Crippen LogP contribution in [-0.4, -0.2) is 49.0 Å². The van der Waals surface area contributed by atoms with Crippen molar-refractivity contribution in [3.63, 3.8) is 0 Å². The molecule has 0 spiro atoms. The summed E-state index contributed by atoms with van der Waals surface area (Å²) in [4.78, 5) is 31.4. The average Bonchev–Trinajstić information content (AvgIpc) is 3.25. The van der Waals surface area contributed by atoms with Gasteiger partial charge >= 0.3 is 10.8 Å². The molecule has 0 radical (unpaired) electrons. The Morgan fingerprint density at radius 2 is 1.87 bits per heavy atom. The molecule has 3 heterocycles. The van der Waals surface area contributed by atoms with E-state index in [0.717, 1.165) is 61.6 Å². The zero-order valence-corrected chi connectivity index (χ0v) is 30.8. The quantitative estimate of drug-likeness (QED) is 0.0958. The predicted molar refractivity (Wildman–Crippen MR) is 189 cm³/mol. The van der Waals surface area contributed by atoms with Crippen LogP contribution < -0.4 is 9.61 Å². The highest BCUT2D eigenvalue weighted by Crippen LogP contribution is 2.46. The number of hydrogen-bond acceptors (Lipinski definition) is 8. The van der Waals surface area contributed by atoms with Crippen molar-refractivity contribution in [2.24, 2.45) is 5.41 Å². The van der Waals surface area contributed by atoms with E-state index in [1.165, 1.54) is 16.9 Å². The van der Waals surface area contributed by atoms with Gasteiger partial charge in [-0.1, -0.05) is 31.0 Å². The number of rotatable bonds is 10. The molecular weight excluding hydrogens is 617 g/mol. The molecule has 1 aliphatic heterocycles. The van der Waals surface area contributed by atoms with Crippen LogP contribution in [0.4, 0.5) is 0 Å². The number of aromatic nitrogens is 2. The first-order valence-corrected chi connectivity index (χ1v) is 20.6. The summed E-state index contributed by atoms with van der Waals surface area (Å²) in [7, 11) is -1.29. The third-order valence-electron chi connectivity index (χ3n) is 8.06. The minimum Gasteiger partial charge on any atom is -0.493 e. The molecule has 2 aromatic heterocycles. The third-order valence-corrected chi connectivity index (χ3v) is 10.8. The fourth-order valence-corrected chi connectivity index (χ4v) is 7.54. The molecular formula is C36H48N2O6SSi. The van der Waals surface area contributed by atoms with Gasteiger partial charge in [-0.2, -0.15) is 0 Å². The molecule has 2 aromatic carbocycles. The van der Waals surface area contributed by atoms with E-state index in [0.29, 0.717) is 13.2 Å². The molecule has 1 aliphatic rings. The van der Waals surface area contributed by atoms with Crippen LogP contribution >= 0.6 is 11.3 Å². The molecule has 0 amide bonds. The minimum atomic E-state index is -1.29. The second-order valence-corrected chi connectivity index (χ2v) is 22.0. The highest BCUT2D eigenvalue weighted by Gasteiger charge is 2.32. The zero-order valence-electron chi connectivity index (χ0n) is 29.0. The van der Waals surface area contributed by atoms with Gasteiger partial charge in [-0.25, -0.2) is 0 Å². The van der Waals surface area contributed by atoms with Crippen molar-refractivity contribution in [1.29, 1.82) is 0 Å². The number of esters is 1. The summed E-state index contributed by atoms with van der Waals surface area (Å²) >= 11 is 1.20. The Morgan fingerprint density at radius 1 is 1.13 bits per heavy atom. The van der Waals surface area contributed by atoms with Gasteiger partial charge in [0.25, 0.3) is 0 Å². The number of benzene rings is 2. The Bertz CT molecular complexity index is 1810. The number of nitrogens with zero attached hydrogens (tertiary/aromatic N) is 2. The SMILES string of the molecule is Cc1cc2c(sc(=O)n2COCC[Si](C)(C)C)c(-c2ccc3c4c(ccnc24)CCO3)c1[C@@H](COC(=O)C(C)(C)C)OC(C)(C)C. The van der Waals surface area contributed by atoms with Crippen molar-refractivity contribution in [3.05, 3.63) is 56.8 Å². The van der Waals surface area contributed by atoms with Gasteiger partial charge < -0.3 is 18.9 Å². The average molecular weight is 665 g/mol. The van der Waals surface area contributed by atoms with Crippen LogP contribution in [0, 0.1) is 12.3 Å². The second-order valence-electron chi connectivity index (χ2n) is 15.4. The first-order chi connectivity index (χ1) is 21.4. The summed E-state index contributed by atoms with van der Waals surface area (Å²) in [5.41, 5.74) is 5.12. The standard InChI is InChI=1S/C36H48N2O6SSi/c1-22-19-25-32(45-34(40)38(25)21-41-17-18-46(8,9)10)30(24-11-12-26-29-23(14-16-42-26)13-15-37-31(24)29)28(22)27(44-36(5,6)7)20-43-33(39)35(2,3)4/h11-13,15,19,27H,14,16-18,20-21H2,1-10H3/t27-/m1/s1. The summed E-state index contributed by atoms with van der Waals surface area (Å²) in [5.74, 6) is 0.503. The highest BCUT2D eigenvalue weighted by atomic mass is 32.1. The van der Waals surface area contributed by atoms with Gasteiger partial charge in [-0.05, 0) is 95.5 Å². The smallest absolute Gasteiger partial charge is 0.311 e. The van der Waals surface area contributed by atoms with E-state index in [2.05, 4.69) is 25.7 Å². The molecule has 248 valence electrons. The number of carbonyl (C=O) groups is 1. The van der Waals surface area contributed by atoms with Gasteiger partial charge in [-0.15, -0.1) is 0 Å². The van der Waals surface area contributed by atoms with Crippen LogP contribution in [-0.2, 0) is 32.2 Å².